The minimum atomic E-state index is 0.0710. The van der Waals surface area contributed by atoms with Crippen molar-refractivity contribution >= 4 is 11.6 Å². The molecule has 1 N–H and O–H groups in total. The van der Waals surface area contributed by atoms with Crippen molar-refractivity contribution in [1.82, 2.24) is 5.32 Å². The fourth-order valence-electron chi connectivity index (χ4n) is 3.26. The molecule has 136 valence electrons. The molecule has 0 aliphatic carbocycles. The largest absolute Gasteiger partial charge is 0.489 e. The topological polar surface area (TPSA) is 21.3 Å². The van der Waals surface area contributed by atoms with Gasteiger partial charge in [-0.3, -0.25) is 0 Å². The highest BCUT2D eigenvalue weighted by Crippen LogP contribution is 2.28. The van der Waals surface area contributed by atoms with E-state index in [4.69, 9.17) is 16.3 Å². The summed E-state index contributed by atoms with van der Waals surface area (Å²) in [5.74, 6) is 0.927. The number of hydrogen-bond donors (Lipinski definition) is 1. The Morgan fingerprint density at radius 1 is 0.920 bits per heavy atom. The van der Waals surface area contributed by atoms with Gasteiger partial charge in [0.05, 0.1) is 0 Å². The lowest BCUT2D eigenvalue weighted by atomic mass is 9.82. The van der Waals surface area contributed by atoms with Crippen LogP contribution >= 0.6 is 11.6 Å². The predicted octanol–water partition coefficient (Wildman–Crippen LogP) is 6.22. The van der Waals surface area contributed by atoms with Gasteiger partial charge in [-0.2, -0.15) is 0 Å². The summed E-state index contributed by atoms with van der Waals surface area (Å²) < 4.78 is 6.05. The van der Waals surface area contributed by atoms with Crippen LogP contribution in [0.1, 0.15) is 52.2 Å². The smallest absolute Gasteiger partial charge is 0.124 e. The Labute approximate surface area is 157 Å². The lowest BCUT2D eigenvalue weighted by Crippen LogP contribution is -2.41. The summed E-state index contributed by atoms with van der Waals surface area (Å²) in [6.45, 7) is 12.7. The number of halogens is 1. The van der Waals surface area contributed by atoms with Crippen LogP contribution in [0.15, 0.2) is 48.5 Å². The zero-order valence-electron chi connectivity index (χ0n) is 16.0. The molecule has 0 fully saturated rings. The molecular weight excluding hydrogens is 330 g/mol. The average molecular weight is 360 g/mol. The van der Waals surface area contributed by atoms with Crippen LogP contribution in [-0.4, -0.2) is 5.54 Å². The Morgan fingerprint density at radius 3 is 2.20 bits per heavy atom. The van der Waals surface area contributed by atoms with Gasteiger partial charge in [0.15, 0.2) is 0 Å². The molecule has 3 heteroatoms. The predicted molar refractivity (Wildman–Crippen MR) is 107 cm³/mol. The van der Waals surface area contributed by atoms with E-state index in [1.165, 1.54) is 5.56 Å². The summed E-state index contributed by atoms with van der Waals surface area (Å²) in [6, 6.07) is 16.0. The van der Waals surface area contributed by atoms with Crippen molar-refractivity contribution in [3.05, 3.63) is 64.7 Å². The third-order valence-electron chi connectivity index (χ3n) is 4.01. The van der Waals surface area contributed by atoms with Crippen molar-refractivity contribution in [3.8, 4) is 5.75 Å². The second-order valence-corrected chi connectivity index (χ2v) is 8.93. The zero-order chi connectivity index (χ0) is 18.5. The van der Waals surface area contributed by atoms with Crippen LogP contribution in [0, 0.1) is 5.41 Å². The number of rotatable bonds is 7. The summed E-state index contributed by atoms with van der Waals surface area (Å²) in [5, 5.41) is 4.43. The van der Waals surface area contributed by atoms with Gasteiger partial charge in [0.25, 0.3) is 0 Å². The number of nitrogens with one attached hydrogen (secondary N) is 1. The molecule has 2 aromatic carbocycles. The third-order valence-corrected chi connectivity index (χ3v) is 4.26. The average Bonchev–Trinajstić information content (AvgIpc) is 2.51. The van der Waals surface area contributed by atoms with Gasteiger partial charge in [0, 0.05) is 22.7 Å². The van der Waals surface area contributed by atoms with Crippen molar-refractivity contribution in [2.24, 2.45) is 5.41 Å². The molecule has 2 nitrogen and oxygen atoms in total. The lowest BCUT2D eigenvalue weighted by Gasteiger charge is -2.33. The van der Waals surface area contributed by atoms with Gasteiger partial charge in [0.2, 0.25) is 0 Å². The van der Waals surface area contributed by atoms with Crippen molar-refractivity contribution in [2.75, 3.05) is 0 Å². The minimum Gasteiger partial charge on any atom is -0.489 e. The fourth-order valence-corrected chi connectivity index (χ4v) is 3.38. The maximum absolute atomic E-state index is 6.05. The molecule has 0 saturated carbocycles. The van der Waals surface area contributed by atoms with Gasteiger partial charge >= 0.3 is 0 Å². The minimum absolute atomic E-state index is 0.0710. The van der Waals surface area contributed by atoms with Crippen LogP contribution in [0.2, 0.25) is 5.02 Å². The Kier molecular flexibility index (Phi) is 6.53. The summed E-state index contributed by atoms with van der Waals surface area (Å²) >= 11 is 5.93. The second-order valence-electron chi connectivity index (χ2n) is 8.50. The second kappa shape index (κ2) is 8.25. The van der Waals surface area contributed by atoms with Gasteiger partial charge in [0.1, 0.15) is 12.4 Å². The van der Waals surface area contributed by atoms with Crippen LogP contribution in [0.5, 0.6) is 5.75 Å². The summed E-state index contributed by atoms with van der Waals surface area (Å²) in [7, 11) is 0. The molecule has 0 heterocycles. The van der Waals surface area contributed by atoms with E-state index in [2.05, 4.69) is 52.1 Å². The Balaban J connectivity index is 1.99. The standard InChI is InChI=1S/C22H30ClNO/c1-21(2,3)16-22(4,5)24-14-18-8-6-7-9-20(18)25-15-17-10-12-19(23)13-11-17/h6-13,24H,14-16H2,1-5H3. The van der Waals surface area contributed by atoms with E-state index < -0.39 is 0 Å². The third kappa shape index (κ3) is 7.09. The molecule has 0 bridgehead atoms. The maximum atomic E-state index is 6.05. The lowest BCUT2D eigenvalue weighted by molar-refractivity contribution is 0.238. The monoisotopic (exact) mass is 359 g/mol. The number of benzene rings is 2. The van der Waals surface area contributed by atoms with Crippen LogP contribution in [-0.2, 0) is 13.2 Å². The van der Waals surface area contributed by atoms with E-state index in [1.54, 1.807) is 0 Å². The molecule has 0 radical (unpaired) electrons. The molecule has 0 spiro atoms. The summed E-state index contributed by atoms with van der Waals surface area (Å²) in [6.07, 6.45) is 1.10. The van der Waals surface area contributed by atoms with E-state index >= 15 is 0 Å². The van der Waals surface area contributed by atoms with Gasteiger partial charge in [-0.25, -0.2) is 0 Å². The highest BCUT2D eigenvalue weighted by molar-refractivity contribution is 6.30. The molecule has 0 amide bonds. The summed E-state index contributed by atoms with van der Waals surface area (Å²) in [5.41, 5.74) is 2.65. The van der Waals surface area contributed by atoms with Gasteiger partial charge < -0.3 is 10.1 Å². The van der Waals surface area contributed by atoms with E-state index in [9.17, 15) is 0 Å². The van der Waals surface area contributed by atoms with Crippen LogP contribution in [0.25, 0.3) is 0 Å². The van der Waals surface area contributed by atoms with Crippen molar-refractivity contribution in [2.45, 2.75) is 59.7 Å². The SMILES string of the molecule is CC(C)(C)CC(C)(C)NCc1ccccc1OCc1ccc(Cl)cc1. The van der Waals surface area contributed by atoms with Crippen LogP contribution in [0.4, 0.5) is 0 Å². The molecule has 0 aliphatic heterocycles. The molecular formula is C22H30ClNO. The first kappa shape index (κ1) is 19.8. The van der Waals surface area contributed by atoms with Gasteiger partial charge in [-0.05, 0) is 49.4 Å². The van der Waals surface area contributed by atoms with Gasteiger partial charge in [-0.1, -0.05) is 62.7 Å². The Bertz CT molecular complexity index is 671. The first-order valence-electron chi connectivity index (χ1n) is 8.85. The van der Waals surface area contributed by atoms with Crippen molar-refractivity contribution < 1.29 is 4.74 Å². The molecule has 25 heavy (non-hydrogen) atoms. The van der Waals surface area contributed by atoms with Crippen molar-refractivity contribution in [3.63, 3.8) is 0 Å². The number of ether oxygens (including phenoxy) is 1. The van der Waals surface area contributed by atoms with E-state index in [-0.39, 0.29) is 5.54 Å². The van der Waals surface area contributed by atoms with Crippen LogP contribution in [0.3, 0.4) is 0 Å². The molecule has 0 aromatic heterocycles. The fraction of sp³-hybridized carbons (Fsp3) is 0.455. The molecule has 0 atom stereocenters. The first-order valence-corrected chi connectivity index (χ1v) is 9.23. The Hall–Kier alpha value is -1.51. The number of para-hydroxylation sites is 1. The first-order chi connectivity index (χ1) is 11.6. The highest BCUT2D eigenvalue weighted by Gasteiger charge is 2.25. The Morgan fingerprint density at radius 2 is 1.56 bits per heavy atom. The molecule has 2 rings (SSSR count). The normalized spacial score (nSPS) is 12.2. The van der Waals surface area contributed by atoms with Crippen LogP contribution < -0.4 is 10.1 Å². The van der Waals surface area contributed by atoms with Gasteiger partial charge in [-0.15, -0.1) is 0 Å². The van der Waals surface area contributed by atoms with E-state index in [0.29, 0.717) is 12.0 Å². The van der Waals surface area contributed by atoms with Crippen molar-refractivity contribution in [1.29, 1.82) is 0 Å². The molecule has 0 unspecified atom stereocenters. The maximum Gasteiger partial charge on any atom is 0.124 e. The molecule has 0 aliphatic rings. The highest BCUT2D eigenvalue weighted by atomic mass is 35.5. The number of hydrogen-bond acceptors (Lipinski definition) is 2. The van der Waals surface area contributed by atoms with E-state index in [0.717, 1.165) is 29.3 Å². The quantitative estimate of drug-likeness (QED) is 0.633. The molecule has 0 saturated heterocycles. The zero-order valence-corrected chi connectivity index (χ0v) is 16.8. The van der Waals surface area contributed by atoms with E-state index in [1.807, 2.05) is 36.4 Å². The molecule has 2 aromatic rings. The summed E-state index contributed by atoms with van der Waals surface area (Å²) in [4.78, 5) is 0.